The lowest BCUT2D eigenvalue weighted by Crippen LogP contribution is -2.38. The Labute approximate surface area is 200 Å². The Kier molecular flexibility index (Phi) is 5.97. The average molecular weight is 472 g/mol. The molecule has 4 aromatic rings. The van der Waals surface area contributed by atoms with Crippen LogP contribution in [-0.2, 0) is 6.54 Å². The van der Waals surface area contributed by atoms with E-state index in [1.165, 1.54) is 0 Å². The minimum absolute atomic E-state index is 0.120. The summed E-state index contributed by atoms with van der Waals surface area (Å²) < 4.78 is 26.9. The standard InChI is InChI=1S/C26H22F2N6O/c27-26(28)7-9-34(10-8-26)16-18-11-20(15-30-14-18)19-3-6-23-22(12-19)24(33-32-23)25(35)31-21-4-1-17(13-29)2-5-21/h1-6,11-12,14-15H,7-10,16H2,(H,31,35)(H,32,33). The number of carbonyl (C=O) groups is 1. The first kappa shape index (κ1) is 22.6. The number of benzene rings is 2. The van der Waals surface area contributed by atoms with E-state index in [9.17, 15) is 13.6 Å². The number of hydrogen-bond donors (Lipinski definition) is 2. The van der Waals surface area contributed by atoms with Crippen LogP contribution in [0.1, 0.15) is 34.5 Å². The molecule has 176 valence electrons. The van der Waals surface area contributed by atoms with Crippen molar-refractivity contribution in [1.29, 1.82) is 5.26 Å². The average Bonchev–Trinajstić information content (AvgIpc) is 3.29. The van der Waals surface area contributed by atoms with E-state index in [4.69, 9.17) is 5.26 Å². The van der Waals surface area contributed by atoms with Gasteiger partial charge in [-0.1, -0.05) is 6.07 Å². The summed E-state index contributed by atoms with van der Waals surface area (Å²) in [6.07, 6.45) is 3.25. The topological polar surface area (TPSA) is 97.7 Å². The van der Waals surface area contributed by atoms with E-state index in [0.29, 0.717) is 36.3 Å². The minimum Gasteiger partial charge on any atom is -0.321 e. The number of H-pyrrole nitrogens is 1. The molecule has 1 aliphatic rings. The van der Waals surface area contributed by atoms with Crippen LogP contribution in [0.3, 0.4) is 0 Å². The first-order valence-electron chi connectivity index (χ1n) is 11.2. The van der Waals surface area contributed by atoms with Gasteiger partial charge in [0.05, 0.1) is 17.1 Å². The number of alkyl halides is 2. The van der Waals surface area contributed by atoms with Gasteiger partial charge in [-0.3, -0.25) is 19.8 Å². The molecule has 0 atom stereocenters. The molecule has 7 nitrogen and oxygen atoms in total. The first-order chi connectivity index (χ1) is 16.9. The van der Waals surface area contributed by atoms with Crippen molar-refractivity contribution < 1.29 is 13.6 Å². The summed E-state index contributed by atoms with van der Waals surface area (Å²) in [6.45, 7) is 1.27. The summed E-state index contributed by atoms with van der Waals surface area (Å²) in [5.41, 5.74) is 4.72. The van der Waals surface area contributed by atoms with Gasteiger partial charge in [-0.25, -0.2) is 8.78 Å². The maximum absolute atomic E-state index is 13.5. The lowest BCUT2D eigenvalue weighted by atomic mass is 10.0. The van der Waals surface area contributed by atoms with Crippen LogP contribution in [0.15, 0.2) is 60.9 Å². The number of nitriles is 1. The zero-order valence-corrected chi connectivity index (χ0v) is 18.8. The number of carbonyl (C=O) groups excluding carboxylic acids is 1. The molecule has 2 N–H and O–H groups in total. The van der Waals surface area contributed by atoms with Gasteiger partial charge in [0.1, 0.15) is 0 Å². The van der Waals surface area contributed by atoms with Crippen molar-refractivity contribution in [2.75, 3.05) is 18.4 Å². The summed E-state index contributed by atoms with van der Waals surface area (Å²) >= 11 is 0. The molecule has 2 aromatic carbocycles. The lowest BCUT2D eigenvalue weighted by molar-refractivity contribution is -0.0566. The van der Waals surface area contributed by atoms with E-state index in [2.05, 4.69) is 20.5 Å². The van der Waals surface area contributed by atoms with Gasteiger partial charge in [-0.15, -0.1) is 0 Å². The molecule has 0 radical (unpaired) electrons. The number of anilines is 1. The molecule has 0 saturated carbocycles. The van der Waals surface area contributed by atoms with Gasteiger partial charge in [-0.05, 0) is 53.6 Å². The van der Waals surface area contributed by atoms with E-state index < -0.39 is 5.92 Å². The summed E-state index contributed by atoms with van der Waals surface area (Å²) in [4.78, 5) is 19.2. The fraction of sp³-hybridized carbons (Fsp3) is 0.231. The van der Waals surface area contributed by atoms with Crippen LogP contribution in [0.4, 0.5) is 14.5 Å². The Morgan fingerprint density at radius 3 is 2.60 bits per heavy atom. The number of amides is 1. The van der Waals surface area contributed by atoms with E-state index in [-0.39, 0.29) is 24.4 Å². The van der Waals surface area contributed by atoms with E-state index in [0.717, 1.165) is 22.2 Å². The van der Waals surface area contributed by atoms with Crippen molar-refractivity contribution in [2.45, 2.75) is 25.3 Å². The van der Waals surface area contributed by atoms with E-state index in [1.54, 1.807) is 36.7 Å². The number of hydrogen-bond acceptors (Lipinski definition) is 5. The second-order valence-corrected chi connectivity index (χ2v) is 8.69. The molecule has 0 unspecified atom stereocenters. The molecule has 1 amide bonds. The smallest absolute Gasteiger partial charge is 0.276 e. The van der Waals surface area contributed by atoms with Crippen LogP contribution in [0.2, 0.25) is 0 Å². The van der Waals surface area contributed by atoms with Crippen molar-refractivity contribution >= 4 is 22.5 Å². The molecule has 1 fully saturated rings. The summed E-state index contributed by atoms with van der Waals surface area (Å²) in [5, 5.41) is 19.5. The Morgan fingerprint density at radius 2 is 1.86 bits per heavy atom. The molecular weight excluding hydrogens is 450 g/mol. The van der Waals surface area contributed by atoms with Crippen molar-refractivity contribution in [3.63, 3.8) is 0 Å². The number of halogens is 2. The third-order valence-electron chi connectivity index (χ3n) is 6.17. The molecule has 0 spiro atoms. The normalized spacial score (nSPS) is 15.6. The van der Waals surface area contributed by atoms with Crippen molar-refractivity contribution in [3.8, 4) is 17.2 Å². The maximum Gasteiger partial charge on any atom is 0.276 e. The van der Waals surface area contributed by atoms with Gasteiger partial charge in [0, 0.05) is 61.5 Å². The second-order valence-electron chi connectivity index (χ2n) is 8.69. The SMILES string of the molecule is N#Cc1ccc(NC(=O)c2n[nH]c3ccc(-c4cncc(CN5CCC(F)(F)CC5)c4)cc23)cc1. The van der Waals surface area contributed by atoms with Gasteiger partial charge >= 0.3 is 0 Å². The number of likely N-dealkylation sites (tertiary alicyclic amines) is 1. The zero-order chi connectivity index (χ0) is 24.4. The zero-order valence-electron chi connectivity index (χ0n) is 18.8. The third-order valence-corrected chi connectivity index (χ3v) is 6.17. The molecule has 1 aliphatic heterocycles. The summed E-state index contributed by atoms with van der Waals surface area (Å²) in [6, 6.07) is 16.3. The molecule has 0 aliphatic carbocycles. The summed E-state index contributed by atoms with van der Waals surface area (Å²) in [7, 11) is 0. The number of piperidine rings is 1. The Morgan fingerprint density at radius 1 is 1.09 bits per heavy atom. The molecule has 2 aromatic heterocycles. The molecule has 35 heavy (non-hydrogen) atoms. The number of nitrogens with one attached hydrogen (secondary N) is 2. The highest BCUT2D eigenvalue weighted by atomic mass is 19.3. The van der Waals surface area contributed by atoms with Crippen LogP contribution >= 0.6 is 0 Å². The molecule has 0 bridgehead atoms. The molecule has 3 heterocycles. The fourth-order valence-corrected chi connectivity index (χ4v) is 4.21. The van der Waals surface area contributed by atoms with Crippen molar-refractivity contribution in [1.82, 2.24) is 20.1 Å². The Bertz CT molecular complexity index is 1410. The highest BCUT2D eigenvalue weighted by Gasteiger charge is 2.33. The van der Waals surface area contributed by atoms with Crippen LogP contribution in [0.25, 0.3) is 22.0 Å². The second kappa shape index (κ2) is 9.24. The van der Waals surface area contributed by atoms with Gasteiger partial charge < -0.3 is 5.32 Å². The Hall–Kier alpha value is -4.16. The molecule has 1 saturated heterocycles. The van der Waals surface area contributed by atoms with Gasteiger partial charge in [0.2, 0.25) is 0 Å². The maximum atomic E-state index is 13.5. The van der Waals surface area contributed by atoms with Gasteiger partial charge in [0.25, 0.3) is 11.8 Å². The minimum atomic E-state index is -2.57. The predicted octanol–water partition coefficient (Wildman–Crippen LogP) is 4.98. The molecule has 5 rings (SSSR count). The lowest BCUT2D eigenvalue weighted by Gasteiger charge is -2.31. The highest BCUT2D eigenvalue weighted by Crippen LogP contribution is 2.29. The van der Waals surface area contributed by atoms with Crippen LogP contribution in [0, 0.1) is 11.3 Å². The number of aromatic amines is 1. The summed E-state index contributed by atoms with van der Waals surface area (Å²) in [5.74, 6) is -2.94. The van der Waals surface area contributed by atoms with Gasteiger partial charge in [0.15, 0.2) is 5.69 Å². The largest absolute Gasteiger partial charge is 0.321 e. The fourth-order valence-electron chi connectivity index (χ4n) is 4.21. The first-order valence-corrected chi connectivity index (χ1v) is 11.2. The number of nitrogens with zero attached hydrogens (tertiary/aromatic N) is 4. The third kappa shape index (κ3) is 5.03. The van der Waals surface area contributed by atoms with Gasteiger partial charge in [-0.2, -0.15) is 10.4 Å². The molecular formula is C26H22F2N6O. The quantitative estimate of drug-likeness (QED) is 0.427. The number of rotatable bonds is 5. The number of fused-ring (bicyclic) bond motifs is 1. The van der Waals surface area contributed by atoms with E-state index in [1.807, 2.05) is 35.2 Å². The van der Waals surface area contributed by atoms with Crippen LogP contribution < -0.4 is 5.32 Å². The highest BCUT2D eigenvalue weighted by molar-refractivity contribution is 6.11. The Balaban J connectivity index is 1.36. The monoisotopic (exact) mass is 472 g/mol. The van der Waals surface area contributed by atoms with E-state index >= 15 is 0 Å². The number of pyridine rings is 1. The molecule has 9 heteroatoms. The van der Waals surface area contributed by atoms with Crippen molar-refractivity contribution in [3.05, 3.63) is 77.7 Å². The van der Waals surface area contributed by atoms with Crippen LogP contribution in [-0.4, -0.2) is 45.0 Å². The number of aromatic nitrogens is 3. The van der Waals surface area contributed by atoms with Crippen molar-refractivity contribution in [2.24, 2.45) is 0 Å². The van der Waals surface area contributed by atoms with Crippen LogP contribution in [0.5, 0.6) is 0 Å². The predicted molar refractivity (Wildman–Crippen MR) is 128 cm³/mol.